The van der Waals surface area contributed by atoms with Gasteiger partial charge in [0.2, 0.25) is 0 Å². The maximum atomic E-state index is 5.88. The molecular formula is C10H22N2O2. The molecule has 0 spiro atoms. The van der Waals surface area contributed by atoms with Gasteiger partial charge >= 0.3 is 0 Å². The van der Waals surface area contributed by atoms with Crippen LogP contribution in [0.2, 0.25) is 0 Å². The van der Waals surface area contributed by atoms with E-state index in [1.54, 1.807) is 0 Å². The number of rotatable bonds is 5. The highest BCUT2D eigenvalue weighted by atomic mass is 16.5. The first-order valence-corrected chi connectivity index (χ1v) is 5.25. The molecule has 14 heavy (non-hydrogen) atoms. The van der Waals surface area contributed by atoms with E-state index in [0.29, 0.717) is 6.54 Å². The van der Waals surface area contributed by atoms with Crippen molar-refractivity contribution in [2.75, 3.05) is 47.0 Å². The van der Waals surface area contributed by atoms with E-state index in [1.807, 2.05) is 14.1 Å². The van der Waals surface area contributed by atoms with Gasteiger partial charge in [-0.1, -0.05) is 0 Å². The maximum absolute atomic E-state index is 5.88. The van der Waals surface area contributed by atoms with Gasteiger partial charge in [-0.15, -0.1) is 0 Å². The number of hydrogen-bond acceptors (Lipinski definition) is 4. The van der Waals surface area contributed by atoms with Gasteiger partial charge in [0.25, 0.3) is 0 Å². The molecular weight excluding hydrogens is 180 g/mol. The van der Waals surface area contributed by atoms with Crippen LogP contribution in [0.1, 0.15) is 12.8 Å². The Balaban J connectivity index is 2.29. The molecule has 0 radical (unpaired) electrons. The van der Waals surface area contributed by atoms with Crippen molar-refractivity contribution in [3.05, 3.63) is 0 Å². The minimum absolute atomic E-state index is 0.117. The highest BCUT2D eigenvalue weighted by Crippen LogP contribution is 2.23. The van der Waals surface area contributed by atoms with Crippen LogP contribution in [0.4, 0.5) is 0 Å². The summed E-state index contributed by atoms with van der Waals surface area (Å²) in [4.78, 5) is 2.11. The summed E-state index contributed by atoms with van der Waals surface area (Å²) in [6.07, 6.45) is 1.86. The minimum Gasteiger partial charge on any atom is -0.381 e. The van der Waals surface area contributed by atoms with Crippen LogP contribution < -0.4 is 5.73 Å². The molecule has 0 aromatic heterocycles. The Morgan fingerprint density at radius 2 is 2.00 bits per heavy atom. The van der Waals surface area contributed by atoms with E-state index in [2.05, 4.69) is 4.90 Å². The predicted octanol–water partition coefficient (Wildman–Crippen LogP) is 0.0725. The molecule has 0 saturated carbocycles. The van der Waals surface area contributed by atoms with E-state index < -0.39 is 0 Å². The lowest BCUT2D eigenvalue weighted by atomic mass is 9.94. The zero-order valence-corrected chi connectivity index (χ0v) is 9.29. The van der Waals surface area contributed by atoms with Gasteiger partial charge in [-0.25, -0.2) is 0 Å². The molecule has 0 atom stereocenters. The van der Waals surface area contributed by atoms with Gasteiger partial charge in [-0.05, 0) is 14.1 Å². The average molecular weight is 202 g/mol. The van der Waals surface area contributed by atoms with Crippen molar-refractivity contribution in [1.29, 1.82) is 0 Å². The van der Waals surface area contributed by atoms with Crippen molar-refractivity contribution >= 4 is 0 Å². The normalized spacial score (nSPS) is 21.4. The number of hydrogen-bond donors (Lipinski definition) is 1. The molecule has 1 fully saturated rings. The van der Waals surface area contributed by atoms with Crippen LogP contribution in [0.25, 0.3) is 0 Å². The second kappa shape index (κ2) is 5.66. The highest BCUT2D eigenvalue weighted by molar-refractivity contribution is 4.84. The molecule has 0 amide bonds. The zero-order valence-electron chi connectivity index (χ0n) is 9.29. The molecule has 0 unspecified atom stereocenters. The van der Waals surface area contributed by atoms with Gasteiger partial charge in [0, 0.05) is 39.1 Å². The Kier molecular flexibility index (Phi) is 4.81. The standard InChI is InChI=1S/C10H22N2O2/c1-12(2)5-8-14-10(9-11)3-6-13-7-4-10/h3-9,11H2,1-2H3. The Labute approximate surface area is 86.3 Å². The predicted molar refractivity (Wildman–Crippen MR) is 56.3 cm³/mol. The molecule has 2 N–H and O–H groups in total. The van der Waals surface area contributed by atoms with E-state index in [-0.39, 0.29) is 5.60 Å². The average Bonchev–Trinajstić information content (AvgIpc) is 2.19. The van der Waals surface area contributed by atoms with Gasteiger partial charge in [-0.3, -0.25) is 0 Å². The fourth-order valence-corrected chi connectivity index (χ4v) is 1.60. The summed E-state index contributed by atoms with van der Waals surface area (Å²) in [5.41, 5.74) is 5.64. The van der Waals surface area contributed by atoms with Crippen molar-refractivity contribution in [1.82, 2.24) is 4.90 Å². The van der Waals surface area contributed by atoms with Gasteiger partial charge in [0.15, 0.2) is 0 Å². The Bertz CT molecular complexity index is 156. The lowest BCUT2D eigenvalue weighted by molar-refractivity contribution is -0.106. The maximum Gasteiger partial charge on any atom is 0.0848 e. The lowest BCUT2D eigenvalue weighted by Gasteiger charge is -2.36. The topological polar surface area (TPSA) is 47.7 Å². The SMILES string of the molecule is CN(C)CCOC1(CN)CCOCC1. The van der Waals surface area contributed by atoms with Gasteiger partial charge in [0.1, 0.15) is 0 Å². The molecule has 1 saturated heterocycles. The summed E-state index contributed by atoms with van der Waals surface area (Å²) in [5, 5.41) is 0. The van der Waals surface area contributed by atoms with E-state index in [1.165, 1.54) is 0 Å². The monoisotopic (exact) mass is 202 g/mol. The molecule has 0 aromatic carbocycles. The highest BCUT2D eigenvalue weighted by Gasteiger charge is 2.31. The molecule has 1 aliphatic heterocycles. The Morgan fingerprint density at radius 3 is 2.50 bits per heavy atom. The van der Waals surface area contributed by atoms with Crippen LogP contribution in [-0.4, -0.2) is 57.5 Å². The lowest BCUT2D eigenvalue weighted by Crippen LogP contribution is -2.46. The van der Waals surface area contributed by atoms with E-state index >= 15 is 0 Å². The molecule has 1 heterocycles. The first-order valence-electron chi connectivity index (χ1n) is 5.25. The summed E-state index contributed by atoms with van der Waals surface area (Å²) in [6, 6.07) is 0. The van der Waals surface area contributed by atoms with Crippen LogP contribution in [-0.2, 0) is 9.47 Å². The molecule has 0 aromatic rings. The fourth-order valence-electron chi connectivity index (χ4n) is 1.60. The third-order valence-electron chi connectivity index (χ3n) is 2.72. The Hall–Kier alpha value is -0.160. The molecule has 84 valence electrons. The third-order valence-corrected chi connectivity index (χ3v) is 2.72. The largest absolute Gasteiger partial charge is 0.381 e. The number of likely N-dealkylation sites (N-methyl/N-ethyl adjacent to an activating group) is 1. The third kappa shape index (κ3) is 3.53. The van der Waals surface area contributed by atoms with Gasteiger partial charge < -0.3 is 20.1 Å². The van der Waals surface area contributed by atoms with Crippen LogP contribution in [0, 0.1) is 0 Å². The molecule has 4 nitrogen and oxygen atoms in total. The van der Waals surface area contributed by atoms with E-state index in [4.69, 9.17) is 15.2 Å². The van der Waals surface area contributed by atoms with Crippen molar-refractivity contribution in [2.45, 2.75) is 18.4 Å². The fraction of sp³-hybridized carbons (Fsp3) is 1.00. The van der Waals surface area contributed by atoms with Gasteiger partial charge in [-0.2, -0.15) is 0 Å². The second-order valence-electron chi connectivity index (χ2n) is 4.15. The van der Waals surface area contributed by atoms with Crippen LogP contribution in [0.15, 0.2) is 0 Å². The smallest absolute Gasteiger partial charge is 0.0848 e. The van der Waals surface area contributed by atoms with E-state index in [9.17, 15) is 0 Å². The first-order chi connectivity index (χ1) is 6.68. The van der Waals surface area contributed by atoms with E-state index in [0.717, 1.165) is 39.2 Å². The van der Waals surface area contributed by atoms with Gasteiger partial charge in [0.05, 0.1) is 12.2 Å². The number of nitrogens with zero attached hydrogens (tertiary/aromatic N) is 1. The number of nitrogens with two attached hydrogens (primary N) is 1. The molecule has 1 aliphatic rings. The summed E-state index contributed by atoms with van der Waals surface area (Å²) in [5.74, 6) is 0. The van der Waals surface area contributed by atoms with Crippen molar-refractivity contribution in [3.63, 3.8) is 0 Å². The van der Waals surface area contributed by atoms with Crippen LogP contribution in [0.5, 0.6) is 0 Å². The molecule has 1 rings (SSSR count). The first kappa shape index (κ1) is 11.9. The van der Waals surface area contributed by atoms with Crippen LogP contribution in [0.3, 0.4) is 0 Å². The zero-order chi connectivity index (χ0) is 10.4. The molecule has 4 heteroatoms. The quantitative estimate of drug-likeness (QED) is 0.685. The van der Waals surface area contributed by atoms with Crippen molar-refractivity contribution in [3.8, 4) is 0 Å². The van der Waals surface area contributed by atoms with Crippen LogP contribution >= 0.6 is 0 Å². The summed E-state index contributed by atoms with van der Waals surface area (Å²) >= 11 is 0. The summed E-state index contributed by atoms with van der Waals surface area (Å²) in [7, 11) is 4.09. The van der Waals surface area contributed by atoms with Crippen molar-refractivity contribution in [2.24, 2.45) is 5.73 Å². The Morgan fingerprint density at radius 1 is 1.36 bits per heavy atom. The second-order valence-corrected chi connectivity index (χ2v) is 4.15. The minimum atomic E-state index is -0.117. The molecule has 0 aliphatic carbocycles. The molecule has 0 bridgehead atoms. The van der Waals surface area contributed by atoms with Crippen molar-refractivity contribution < 1.29 is 9.47 Å². The number of ether oxygens (including phenoxy) is 2. The summed E-state index contributed by atoms with van der Waals surface area (Å²) < 4.78 is 11.2. The summed E-state index contributed by atoms with van der Waals surface area (Å²) in [6.45, 7) is 3.86.